The van der Waals surface area contributed by atoms with Crippen LogP contribution in [-0.4, -0.2) is 21.2 Å². The number of hydrogen-bond donors (Lipinski definition) is 1. The highest BCUT2D eigenvalue weighted by atomic mass is 35.5. The third-order valence-corrected chi connectivity index (χ3v) is 5.53. The first kappa shape index (κ1) is 27.8. The van der Waals surface area contributed by atoms with Gasteiger partial charge in [0.1, 0.15) is 10.3 Å². The summed E-state index contributed by atoms with van der Waals surface area (Å²) < 4.78 is 0. The number of fused-ring (bicyclic) bond motifs is 2. The van der Waals surface area contributed by atoms with Gasteiger partial charge >= 0.3 is 6.15 Å². The minimum Gasteiger partial charge on any atom is -0.392 e. The van der Waals surface area contributed by atoms with Crippen LogP contribution in [0.5, 0.6) is 0 Å². The topological polar surface area (TPSA) is 80.2 Å². The van der Waals surface area contributed by atoms with Crippen LogP contribution in [0.15, 0.2) is 48.5 Å². The van der Waals surface area contributed by atoms with Crippen LogP contribution >= 0.6 is 46.4 Å². The first-order valence-corrected chi connectivity index (χ1v) is 10.4. The van der Waals surface area contributed by atoms with Gasteiger partial charge in [-0.15, -0.1) is 0 Å². The number of halogens is 4. The fraction of sp³-hybridized carbons (Fsp3) is 0.174. The second-order valence-corrected chi connectivity index (χ2v) is 7.62. The molecular weight excluding hydrogens is 494 g/mol. The fourth-order valence-electron chi connectivity index (χ4n) is 2.71. The lowest BCUT2D eigenvalue weighted by Gasteiger charge is -2.04. The van der Waals surface area contributed by atoms with Crippen LogP contribution in [0, 0.1) is 0 Å². The van der Waals surface area contributed by atoms with Crippen molar-refractivity contribution in [3.8, 4) is 0 Å². The maximum Gasteiger partial charge on any atom is 0.373 e. The van der Waals surface area contributed by atoms with Gasteiger partial charge in [-0.2, -0.15) is 9.59 Å². The lowest BCUT2D eigenvalue weighted by atomic mass is 10.1. The van der Waals surface area contributed by atoms with E-state index in [1.54, 1.807) is 12.1 Å². The Balaban J connectivity index is 0.000000278. The SMILES string of the molecule is C.CCc1cc2c(Cl)cccc2nc1Cl.O=C=O.OCc1cc2c(Cl)cccc2nc1Cl. The van der Waals surface area contributed by atoms with E-state index < -0.39 is 0 Å². The predicted molar refractivity (Wildman–Crippen MR) is 131 cm³/mol. The minimum absolute atomic E-state index is 0. The van der Waals surface area contributed by atoms with Crippen LogP contribution in [0.1, 0.15) is 25.5 Å². The van der Waals surface area contributed by atoms with Crippen molar-refractivity contribution in [2.45, 2.75) is 27.4 Å². The van der Waals surface area contributed by atoms with E-state index in [9.17, 15) is 0 Å². The van der Waals surface area contributed by atoms with Gasteiger partial charge in [0.15, 0.2) is 0 Å². The molecule has 0 saturated heterocycles. The molecule has 1 N–H and O–H groups in total. The van der Waals surface area contributed by atoms with Crippen LogP contribution in [0.2, 0.25) is 20.4 Å². The van der Waals surface area contributed by atoms with E-state index >= 15 is 0 Å². The number of hydrogen-bond acceptors (Lipinski definition) is 5. The summed E-state index contributed by atoms with van der Waals surface area (Å²) in [6.07, 6.45) is 1.12. The molecule has 32 heavy (non-hydrogen) atoms. The smallest absolute Gasteiger partial charge is 0.373 e. The van der Waals surface area contributed by atoms with E-state index in [-0.39, 0.29) is 20.2 Å². The summed E-state index contributed by atoms with van der Waals surface area (Å²) in [7, 11) is 0. The second kappa shape index (κ2) is 13.3. The van der Waals surface area contributed by atoms with Gasteiger partial charge in [-0.05, 0) is 48.4 Å². The predicted octanol–water partition coefficient (Wildman–Crippen LogP) is 7.19. The number of nitrogens with zero attached hydrogens (tertiary/aromatic N) is 2. The maximum absolute atomic E-state index is 9.00. The number of aromatic nitrogens is 2. The highest BCUT2D eigenvalue weighted by molar-refractivity contribution is 6.36. The normalized spacial score (nSPS) is 9.69. The average molecular weight is 514 g/mol. The molecule has 0 atom stereocenters. The van der Waals surface area contributed by atoms with Crippen LogP contribution in [0.3, 0.4) is 0 Å². The van der Waals surface area contributed by atoms with Crippen molar-refractivity contribution in [2.75, 3.05) is 0 Å². The summed E-state index contributed by atoms with van der Waals surface area (Å²) in [5, 5.41) is 13.0. The van der Waals surface area contributed by atoms with E-state index in [2.05, 4.69) is 9.97 Å². The van der Waals surface area contributed by atoms with Gasteiger partial charge in [-0.25, -0.2) is 9.97 Å². The number of aliphatic hydroxyl groups is 1. The number of benzene rings is 2. The molecule has 9 heteroatoms. The molecule has 0 spiro atoms. The Labute approximate surface area is 205 Å². The molecule has 0 aliphatic rings. The third-order valence-electron chi connectivity index (χ3n) is 4.22. The average Bonchev–Trinajstić information content (AvgIpc) is 2.74. The maximum atomic E-state index is 9.00. The number of aryl methyl sites for hydroxylation is 1. The van der Waals surface area contributed by atoms with Gasteiger partial charge < -0.3 is 5.11 Å². The van der Waals surface area contributed by atoms with Crippen LogP contribution < -0.4 is 0 Å². The van der Waals surface area contributed by atoms with Crippen molar-refractivity contribution < 1.29 is 14.7 Å². The Morgan fingerprint density at radius 3 is 1.62 bits per heavy atom. The molecule has 0 aliphatic heterocycles. The molecule has 5 nitrogen and oxygen atoms in total. The van der Waals surface area contributed by atoms with Crippen LogP contribution in [-0.2, 0) is 22.6 Å². The summed E-state index contributed by atoms with van der Waals surface area (Å²) in [5.74, 6) is 0. The lowest BCUT2D eigenvalue weighted by molar-refractivity contribution is -0.191. The molecule has 168 valence electrons. The number of pyridine rings is 2. The van der Waals surface area contributed by atoms with E-state index in [0.29, 0.717) is 20.9 Å². The standard InChI is InChI=1S/C11H9Cl2N.C10H7Cl2NO.CO2.CH4/c1-2-7-6-8-9(12)4-3-5-10(8)14-11(7)13;11-8-2-1-3-9-7(8)4-6(5-14)10(12)13-9;2-1-3;/h3-6H,2H2,1H3;1-4,14H,5H2;;1H4. The number of aliphatic hydroxyl groups excluding tert-OH is 1. The zero-order valence-corrected chi connectivity index (χ0v) is 19.2. The Kier molecular flexibility index (Phi) is 11.6. The monoisotopic (exact) mass is 512 g/mol. The fourth-order valence-corrected chi connectivity index (χ4v) is 3.65. The molecule has 0 unspecified atom stereocenters. The first-order valence-electron chi connectivity index (χ1n) is 8.93. The van der Waals surface area contributed by atoms with Crippen LogP contribution in [0.25, 0.3) is 21.8 Å². The van der Waals surface area contributed by atoms with Crippen molar-refractivity contribution in [3.05, 3.63) is 80.0 Å². The highest BCUT2D eigenvalue weighted by Crippen LogP contribution is 2.27. The molecule has 0 bridgehead atoms. The molecule has 2 aromatic carbocycles. The molecule has 0 amide bonds. The summed E-state index contributed by atoms with van der Waals surface area (Å²) in [6.45, 7) is 1.92. The largest absolute Gasteiger partial charge is 0.392 e. The minimum atomic E-state index is -0.132. The summed E-state index contributed by atoms with van der Waals surface area (Å²) in [6, 6.07) is 14.8. The molecule has 0 fully saturated rings. The third kappa shape index (κ3) is 6.88. The Bertz CT molecular complexity index is 1150. The second-order valence-electron chi connectivity index (χ2n) is 6.08. The van der Waals surface area contributed by atoms with Crippen molar-refractivity contribution in [1.29, 1.82) is 0 Å². The Morgan fingerprint density at radius 2 is 1.22 bits per heavy atom. The molecule has 0 saturated carbocycles. The van der Waals surface area contributed by atoms with Gasteiger partial charge in [0.05, 0.1) is 17.6 Å². The van der Waals surface area contributed by atoms with E-state index in [4.69, 9.17) is 61.1 Å². The highest BCUT2D eigenvalue weighted by Gasteiger charge is 2.06. The van der Waals surface area contributed by atoms with Crippen molar-refractivity contribution in [3.63, 3.8) is 0 Å². The molecule has 0 aliphatic carbocycles. The van der Waals surface area contributed by atoms with E-state index in [1.807, 2.05) is 43.3 Å². The van der Waals surface area contributed by atoms with Crippen molar-refractivity contribution >= 4 is 74.4 Å². The summed E-state index contributed by atoms with van der Waals surface area (Å²) >= 11 is 23.9. The number of carbonyl (C=O) groups excluding carboxylic acids is 2. The summed E-state index contributed by atoms with van der Waals surface area (Å²) in [5.41, 5.74) is 3.21. The Morgan fingerprint density at radius 1 is 0.812 bits per heavy atom. The van der Waals surface area contributed by atoms with Crippen LogP contribution in [0.4, 0.5) is 0 Å². The molecule has 4 aromatic rings. The lowest BCUT2D eigenvalue weighted by Crippen LogP contribution is -1.89. The molecule has 2 heterocycles. The zero-order valence-electron chi connectivity index (χ0n) is 16.2. The molecule has 4 rings (SSSR count). The van der Waals surface area contributed by atoms with Gasteiger partial charge in [-0.1, -0.05) is 72.9 Å². The van der Waals surface area contributed by atoms with Gasteiger partial charge in [0.2, 0.25) is 0 Å². The Hall–Kier alpha value is -2.24. The molecular formula is C23H20Cl4N2O3. The summed E-state index contributed by atoms with van der Waals surface area (Å²) in [4.78, 5) is 24.7. The van der Waals surface area contributed by atoms with Gasteiger partial charge in [0.25, 0.3) is 0 Å². The van der Waals surface area contributed by atoms with Crippen molar-refractivity contribution in [1.82, 2.24) is 9.97 Å². The molecule has 2 aromatic heterocycles. The zero-order chi connectivity index (χ0) is 23.0. The van der Waals surface area contributed by atoms with E-state index in [1.165, 1.54) is 0 Å². The number of rotatable bonds is 2. The quantitative estimate of drug-likeness (QED) is 0.287. The van der Waals surface area contributed by atoms with Gasteiger partial charge in [0, 0.05) is 26.4 Å². The molecule has 0 radical (unpaired) electrons. The first-order chi connectivity index (χ1) is 14.9. The van der Waals surface area contributed by atoms with Crippen molar-refractivity contribution in [2.24, 2.45) is 0 Å². The van der Waals surface area contributed by atoms with Gasteiger partial charge in [-0.3, -0.25) is 0 Å². The van der Waals surface area contributed by atoms with E-state index in [0.717, 1.165) is 38.8 Å².